The highest BCUT2D eigenvalue weighted by molar-refractivity contribution is 5.91. The van der Waals surface area contributed by atoms with Crippen LogP contribution >= 0.6 is 0 Å². The van der Waals surface area contributed by atoms with E-state index in [4.69, 9.17) is 4.42 Å². The molecule has 0 fully saturated rings. The Morgan fingerprint density at radius 3 is 2.12 bits per heavy atom. The predicted molar refractivity (Wildman–Crippen MR) is 117 cm³/mol. The minimum absolute atomic E-state index is 0.245. The fraction of sp³-hybridized carbons (Fsp3) is 0.320. The Hall–Kier alpha value is -3.06. The van der Waals surface area contributed by atoms with E-state index >= 15 is 0 Å². The summed E-state index contributed by atoms with van der Waals surface area (Å²) >= 11 is 0. The first-order chi connectivity index (χ1) is 15.2. The van der Waals surface area contributed by atoms with E-state index in [1.807, 2.05) is 44.2 Å². The number of furan rings is 1. The molecule has 0 aliphatic rings. The lowest BCUT2D eigenvalue weighted by molar-refractivity contribution is -0.137. The molecule has 0 saturated carbocycles. The predicted octanol–water partition coefficient (Wildman–Crippen LogP) is 5.89. The Morgan fingerprint density at radius 1 is 0.906 bits per heavy atom. The molecule has 3 rings (SSSR count). The van der Waals surface area contributed by atoms with Gasteiger partial charge >= 0.3 is 6.18 Å². The number of carbonyl (C=O) groups is 1. The Bertz CT molecular complexity index is 996. The number of amides is 1. The Morgan fingerprint density at radius 2 is 1.53 bits per heavy atom. The van der Waals surface area contributed by atoms with Crippen LogP contribution in [0.15, 0.2) is 71.1 Å². The normalized spacial score (nSPS) is 11.8. The van der Waals surface area contributed by atoms with Crippen molar-refractivity contribution in [3.8, 4) is 0 Å². The molecule has 1 N–H and O–H groups in total. The van der Waals surface area contributed by atoms with Gasteiger partial charge in [0.15, 0.2) is 5.76 Å². The highest BCUT2D eigenvalue weighted by Gasteiger charge is 2.30. The van der Waals surface area contributed by atoms with Crippen LogP contribution in [-0.2, 0) is 25.8 Å². The highest BCUT2D eigenvalue weighted by Crippen LogP contribution is 2.29. The molecule has 0 atom stereocenters. The van der Waals surface area contributed by atoms with Gasteiger partial charge in [0, 0.05) is 19.6 Å². The summed E-state index contributed by atoms with van der Waals surface area (Å²) in [6.07, 6.45) is -4.36. The molecule has 32 heavy (non-hydrogen) atoms. The summed E-state index contributed by atoms with van der Waals surface area (Å²) in [5.74, 6) is 0.929. The molecule has 1 amide bonds. The molecule has 0 unspecified atom stereocenters. The number of rotatable bonds is 9. The van der Waals surface area contributed by atoms with Gasteiger partial charge in [-0.25, -0.2) is 0 Å². The number of benzene rings is 2. The zero-order chi connectivity index (χ0) is 23.1. The summed E-state index contributed by atoms with van der Waals surface area (Å²) in [6, 6.07) is 18.4. The number of hydrogen-bond donors (Lipinski definition) is 1. The SMILES string of the molecule is CC(C)CNC(=O)c1ccc(CN(Cc2ccccc2)Cc2ccc(C(F)(F)F)cc2)o1. The van der Waals surface area contributed by atoms with Gasteiger partial charge < -0.3 is 9.73 Å². The molecule has 0 bridgehead atoms. The van der Waals surface area contributed by atoms with Crippen LogP contribution in [0.1, 0.15) is 46.9 Å². The molecule has 7 heteroatoms. The molecule has 4 nitrogen and oxygen atoms in total. The van der Waals surface area contributed by atoms with Gasteiger partial charge in [0.1, 0.15) is 5.76 Å². The number of alkyl halides is 3. The fourth-order valence-electron chi connectivity index (χ4n) is 3.26. The Balaban J connectivity index is 1.73. The molecule has 0 saturated heterocycles. The molecular weight excluding hydrogens is 417 g/mol. The maximum absolute atomic E-state index is 12.9. The summed E-state index contributed by atoms with van der Waals surface area (Å²) in [7, 11) is 0. The van der Waals surface area contributed by atoms with E-state index in [9.17, 15) is 18.0 Å². The maximum Gasteiger partial charge on any atom is 0.416 e. The summed E-state index contributed by atoms with van der Waals surface area (Å²) < 4.78 is 44.3. The lowest BCUT2D eigenvalue weighted by Crippen LogP contribution is -2.27. The molecular formula is C25H27F3N2O2. The molecule has 170 valence electrons. The van der Waals surface area contributed by atoms with Crippen LogP contribution in [0.3, 0.4) is 0 Å². The van der Waals surface area contributed by atoms with Gasteiger partial charge in [-0.1, -0.05) is 56.3 Å². The Labute approximate surface area is 186 Å². The van der Waals surface area contributed by atoms with Gasteiger partial charge in [0.05, 0.1) is 12.1 Å². The molecule has 0 aliphatic carbocycles. The Kier molecular flexibility index (Phi) is 7.75. The zero-order valence-electron chi connectivity index (χ0n) is 18.2. The van der Waals surface area contributed by atoms with Gasteiger partial charge in [-0.2, -0.15) is 13.2 Å². The van der Waals surface area contributed by atoms with E-state index < -0.39 is 11.7 Å². The van der Waals surface area contributed by atoms with Gasteiger partial charge in [-0.3, -0.25) is 9.69 Å². The van der Waals surface area contributed by atoms with Crippen molar-refractivity contribution in [2.45, 2.75) is 39.7 Å². The van der Waals surface area contributed by atoms with Crippen LogP contribution in [-0.4, -0.2) is 17.4 Å². The van der Waals surface area contributed by atoms with Crippen molar-refractivity contribution in [1.82, 2.24) is 10.2 Å². The second-order valence-corrected chi connectivity index (χ2v) is 8.20. The first kappa shape index (κ1) is 23.6. The fourth-order valence-corrected chi connectivity index (χ4v) is 3.26. The van der Waals surface area contributed by atoms with E-state index in [1.54, 1.807) is 12.1 Å². The molecule has 1 aromatic heterocycles. The third kappa shape index (κ3) is 6.99. The first-order valence-corrected chi connectivity index (χ1v) is 10.5. The zero-order valence-corrected chi connectivity index (χ0v) is 18.2. The molecule has 0 aliphatic heterocycles. The summed E-state index contributed by atoms with van der Waals surface area (Å²) in [4.78, 5) is 14.3. The largest absolute Gasteiger partial charge is 0.455 e. The highest BCUT2D eigenvalue weighted by atomic mass is 19.4. The van der Waals surface area contributed by atoms with E-state index in [0.29, 0.717) is 37.9 Å². The van der Waals surface area contributed by atoms with Crippen LogP contribution in [0, 0.1) is 5.92 Å². The second kappa shape index (κ2) is 10.5. The third-order valence-corrected chi connectivity index (χ3v) is 4.87. The van der Waals surface area contributed by atoms with Crippen molar-refractivity contribution in [1.29, 1.82) is 0 Å². The van der Waals surface area contributed by atoms with E-state index in [0.717, 1.165) is 23.3 Å². The quantitative estimate of drug-likeness (QED) is 0.448. The average molecular weight is 444 g/mol. The van der Waals surface area contributed by atoms with Gasteiger partial charge in [0.25, 0.3) is 5.91 Å². The summed E-state index contributed by atoms with van der Waals surface area (Å²) in [5.41, 5.74) is 1.16. The van der Waals surface area contributed by atoms with Crippen molar-refractivity contribution in [2.24, 2.45) is 5.92 Å². The minimum atomic E-state index is -4.36. The van der Waals surface area contributed by atoms with E-state index in [1.165, 1.54) is 12.1 Å². The van der Waals surface area contributed by atoms with Gasteiger partial charge in [0.2, 0.25) is 0 Å². The van der Waals surface area contributed by atoms with Crippen LogP contribution in [0.5, 0.6) is 0 Å². The number of nitrogens with zero attached hydrogens (tertiary/aromatic N) is 1. The van der Waals surface area contributed by atoms with Gasteiger partial charge in [-0.05, 0) is 41.3 Å². The van der Waals surface area contributed by atoms with Crippen molar-refractivity contribution in [3.63, 3.8) is 0 Å². The molecule has 2 aromatic carbocycles. The van der Waals surface area contributed by atoms with Crippen LogP contribution in [0.25, 0.3) is 0 Å². The molecule has 0 radical (unpaired) electrons. The standard InChI is InChI=1S/C25H27F3N2O2/c1-18(2)14-29-24(31)23-13-12-22(32-23)17-30(15-19-6-4-3-5-7-19)16-20-8-10-21(11-9-20)25(26,27)28/h3-13,18H,14-17H2,1-2H3,(H,29,31). The van der Waals surface area contributed by atoms with Crippen LogP contribution < -0.4 is 5.32 Å². The smallest absolute Gasteiger partial charge is 0.416 e. The van der Waals surface area contributed by atoms with Crippen molar-refractivity contribution in [2.75, 3.05) is 6.54 Å². The molecule has 0 spiro atoms. The van der Waals surface area contributed by atoms with Crippen LogP contribution in [0.4, 0.5) is 13.2 Å². The van der Waals surface area contributed by atoms with Crippen molar-refractivity contribution in [3.05, 3.63) is 94.9 Å². The third-order valence-electron chi connectivity index (χ3n) is 4.87. The van der Waals surface area contributed by atoms with E-state index in [2.05, 4.69) is 10.2 Å². The number of nitrogens with one attached hydrogen (secondary N) is 1. The van der Waals surface area contributed by atoms with Crippen molar-refractivity contribution < 1.29 is 22.4 Å². The topological polar surface area (TPSA) is 45.5 Å². The second-order valence-electron chi connectivity index (χ2n) is 8.20. The minimum Gasteiger partial charge on any atom is -0.455 e. The lowest BCUT2D eigenvalue weighted by Gasteiger charge is -2.22. The van der Waals surface area contributed by atoms with Gasteiger partial charge in [-0.15, -0.1) is 0 Å². The first-order valence-electron chi connectivity index (χ1n) is 10.5. The average Bonchev–Trinajstić information content (AvgIpc) is 3.21. The number of carbonyl (C=O) groups excluding carboxylic acids is 1. The number of halogens is 3. The van der Waals surface area contributed by atoms with E-state index in [-0.39, 0.29) is 11.7 Å². The molecule has 1 heterocycles. The lowest BCUT2D eigenvalue weighted by atomic mass is 10.1. The molecule has 3 aromatic rings. The summed E-state index contributed by atoms with van der Waals surface area (Å²) in [6.45, 7) is 6.00. The number of hydrogen-bond acceptors (Lipinski definition) is 3. The van der Waals surface area contributed by atoms with Crippen LogP contribution in [0.2, 0.25) is 0 Å². The van der Waals surface area contributed by atoms with Crippen molar-refractivity contribution >= 4 is 5.91 Å². The maximum atomic E-state index is 12.9. The monoisotopic (exact) mass is 444 g/mol. The summed E-state index contributed by atoms with van der Waals surface area (Å²) in [5, 5.41) is 2.82.